The molecule has 0 aliphatic carbocycles. The molecule has 0 unspecified atom stereocenters. The number of hydrogen-bond acceptors (Lipinski definition) is 2. The first kappa shape index (κ1) is 11.8. The Balaban J connectivity index is 2.04. The molecule has 0 atom stereocenters. The summed E-state index contributed by atoms with van der Waals surface area (Å²) < 4.78 is 30.6. The molecule has 5 heteroatoms. The van der Waals surface area contributed by atoms with E-state index in [1.165, 1.54) is 36.5 Å². The highest BCUT2D eigenvalue weighted by molar-refractivity contribution is 6.31. The van der Waals surface area contributed by atoms with Crippen LogP contribution in [0, 0.1) is 11.8 Å². The predicted octanol–water partition coefficient (Wildman–Crippen LogP) is 3.59. The van der Waals surface area contributed by atoms with Crippen LogP contribution in [0.5, 0.6) is 5.75 Å². The van der Waals surface area contributed by atoms with Crippen LogP contribution in [0.15, 0.2) is 36.5 Å². The molecule has 2 nitrogen and oxygen atoms in total. The van der Waals surface area contributed by atoms with Crippen molar-refractivity contribution in [3.63, 3.8) is 0 Å². The second-order valence-corrected chi connectivity index (χ2v) is 3.75. The fraction of sp³-hybridized carbons (Fsp3) is 0.0833. The van der Waals surface area contributed by atoms with Gasteiger partial charge in [-0.3, -0.25) is 0 Å². The molecule has 2 rings (SSSR count). The van der Waals surface area contributed by atoms with Crippen molar-refractivity contribution >= 4 is 11.6 Å². The minimum atomic E-state index is -0.572. The first-order chi connectivity index (χ1) is 8.15. The number of ether oxygens (including phenoxy) is 1. The average molecular weight is 256 g/mol. The molecule has 0 aliphatic heterocycles. The van der Waals surface area contributed by atoms with Crippen molar-refractivity contribution in [2.45, 2.75) is 6.61 Å². The zero-order valence-electron chi connectivity index (χ0n) is 8.66. The molecule has 1 aromatic heterocycles. The van der Waals surface area contributed by atoms with Gasteiger partial charge in [0.2, 0.25) is 5.95 Å². The summed E-state index contributed by atoms with van der Waals surface area (Å²) in [6, 6.07) is 6.70. The fourth-order valence-electron chi connectivity index (χ4n) is 1.25. The Morgan fingerprint density at radius 2 is 2.00 bits per heavy atom. The highest BCUT2D eigenvalue weighted by Crippen LogP contribution is 2.19. The zero-order chi connectivity index (χ0) is 12.3. The van der Waals surface area contributed by atoms with Crippen LogP contribution in [-0.2, 0) is 6.61 Å². The van der Waals surface area contributed by atoms with Gasteiger partial charge in [-0.2, -0.15) is 4.39 Å². The number of pyridine rings is 1. The van der Waals surface area contributed by atoms with E-state index in [1.54, 1.807) is 0 Å². The molecule has 0 saturated carbocycles. The Hall–Kier alpha value is -1.68. The molecule has 0 spiro atoms. The lowest BCUT2D eigenvalue weighted by atomic mass is 10.2. The van der Waals surface area contributed by atoms with Gasteiger partial charge in [0.15, 0.2) is 0 Å². The maximum absolute atomic E-state index is 12.8. The van der Waals surface area contributed by atoms with E-state index in [0.717, 1.165) is 0 Å². The molecule has 2 aromatic rings. The molecule has 0 fully saturated rings. The number of halogens is 3. The van der Waals surface area contributed by atoms with Crippen LogP contribution < -0.4 is 4.74 Å². The Morgan fingerprint density at radius 3 is 2.65 bits per heavy atom. The van der Waals surface area contributed by atoms with Crippen molar-refractivity contribution in [2.75, 3.05) is 0 Å². The van der Waals surface area contributed by atoms with Gasteiger partial charge in [-0.05, 0) is 24.3 Å². The van der Waals surface area contributed by atoms with Crippen LogP contribution >= 0.6 is 11.6 Å². The molecule has 0 N–H and O–H groups in total. The topological polar surface area (TPSA) is 22.1 Å². The summed E-state index contributed by atoms with van der Waals surface area (Å²) in [6.45, 7) is 0.173. The molecule has 0 amide bonds. The summed E-state index contributed by atoms with van der Waals surface area (Å²) in [6.07, 6.45) is 1.27. The van der Waals surface area contributed by atoms with Gasteiger partial charge in [0, 0.05) is 5.56 Å². The van der Waals surface area contributed by atoms with Crippen LogP contribution in [0.1, 0.15) is 5.56 Å². The van der Waals surface area contributed by atoms with Crippen LogP contribution in [0.2, 0.25) is 5.02 Å². The quantitative estimate of drug-likeness (QED) is 0.782. The first-order valence-corrected chi connectivity index (χ1v) is 5.21. The molecule has 1 heterocycles. The van der Waals surface area contributed by atoms with Gasteiger partial charge >= 0.3 is 0 Å². The summed E-state index contributed by atoms with van der Waals surface area (Å²) in [5, 5.41) is 0.292. The van der Waals surface area contributed by atoms with Crippen molar-refractivity contribution in [1.82, 2.24) is 4.98 Å². The fourth-order valence-corrected chi connectivity index (χ4v) is 1.47. The SMILES string of the molecule is Fc1ccc(COc2ccc(F)nc2)c(Cl)c1. The summed E-state index contributed by atoms with van der Waals surface area (Å²) in [7, 11) is 0. The van der Waals surface area contributed by atoms with Gasteiger partial charge in [0.25, 0.3) is 0 Å². The Bertz CT molecular complexity index is 516. The third-order valence-electron chi connectivity index (χ3n) is 2.11. The van der Waals surface area contributed by atoms with Crippen molar-refractivity contribution in [1.29, 1.82) is 0 Å². The lowest BCUT2D eigenvalue weighted by molar-refractivity contribution is 0.304. The predicted molar refractivity (Wildman–Crippen MR) is 59.9 cm³/mol. The van der Waals surface area contributed by atoms with Crippen LogP contribution in [0.3, 0.4) is 0 Å². The Labute approximate surface area is 102 Å². The van der Waals surface area contributed by atoms with Gasteiger partial charge in [-0.1, -0.05) is 17.7 Å². The molecule has 0 radical (unpaired) electrons. The third kappa shape index (κ3) is 3.14. The van der Waals surface area contributed by atoms with Crippen LogP contribution in [-0.4, -0.2) is 4.98 Å². The van der Waals surface area contributed by atoms with E-state index >= 15 is 0 Å². The normalized spacial score (nSPS) is 10.3. The number of nitrogens with zero attached hydrogens (tertiary/aromatic N) is 1. The molecule has 0 saturated heterocycles. The van der Waals surface area contributed by atoms with Crippen molar-refractivity contribution in [3.05, 3.63) is 58.9 Å². The lowest BCUT2D eigenvalue weighted by Gasteiger charge is -2.07. The van der Waals surface area contributed by atoms with E-state index in [1.807, 2.05) is 0 Å². The number of rotatable bonds is 3. The van der Waals surface area contributed by atoms with E-state index in [4.69, 9.17) is 16.3 Å². The molecular weight excluding hydrogens is 248 g/mol. The van der Waals surface area contributed by atoms with Crippen molar-refractivity contribution in [2.24, 2.45) is 0 Å². The van der Waals surface area contributed by atoms with Gasteiger partial charge in [0.1, 0.15) is 18.2 Å². The number of hydrogen-bond donors (Lipinski definition) is 0. The smallest absolute Gasteiger partial charge is 0.213 e. The summed E-state index contributed by atoms with van der Waals surface area (Å²) in [5.74, 6) is -0.550. The van der Waals surface area contributed by atoms with E-state index in [-0.39, 0.29) is 6.61 Å². The van der Waals surface area contributed by atoms with Gasteiger partial charge in [0.05, 0.1) is 11.2 Å². The van der Waals surface area contributed by atoms with E-state index in [9.17, 15) is 8.78 Å². The largest absolute Gasteiger partial charge is 0.487 e. The van der Waals surface area contributed by atoms with Crippen LogP contribution in [0.25, 0.3) is 0 Å². The summed E-state index contributed by atoms with van der Waals surface area (Å²) in [5.41, 5.74) is 0.650. The number of benzene rings is 1. The third-order valence-corrected chi connectivity index (χ3v) is 2.46. The van der Waals surface area contributed by atoms with Gasteiger partial charge < -0.3 is 4.74 Å². The highest BCUT2D eigenvalue weighted by atomic mass is 35.5. The molecule has 1 aromatic carbocycles. The Kier molecular flexibility index (Phi) is 3.54. The molecule has 0 aliphatic rings. The van der Waals surface area contributed by atoms with E-state index < -0.39 is 11.8 Å². The minimum absolute atomic E-state index is 0.173. The molecular formula is C12H8ClF2NO. The monoisotopic (exact) mass is 255 g/mol. The second-order valence-electron chi connectivity index (χ2n) is 3.34. The molecule has 88 valence electrons. The maximum atomic E-state index is 12.8. The zero-order valence-corrected chi connectivity index (χ0v) is 9.42. The van der Waals surface area contributed by atoms with Crippen LogP contribution in [0.4, 0.5) is 8.78 Å². The molecule has 0 bridgehead atoms. The lowest BCUT2D eigenvalue weighted by Crippen LogP contribution is -1.97. The average Bonchev–Trinajstić information content (AvgIpc) is 2.30. The van der Waals surface area contributed by atoms with Gasteiger partial charge in [-0.15, -0.1) is 0 Å². The standard InChI is InChI=1S/C12H8ClF2NO/c13-11-5-9(14)2-1-8(11)7-17-10-3-4-12(15)16-6-10/h1-6H,7H2. The first-order valence-electron chi connectivity index (χ1n) is 4.83. The molecule has 17 heavy (non-hydrogen) atoms. The van der Waals surface area contributed by atoms with Crippen molar-refractivity contribution < 1.29 is 13.5 Å². The van der Waals surface area contributed by atoms with Gasteiger partial charge in [-0.25, -0.2) is 9.37 Å². The van der Waals surface area contributed by atoms with E-state index in [2.05, 4.69) is 4.98 Å². The van der Waals surface area contributed by atoms with Crippen molar-refractivity contribution in [3.8, 4) is 5.75 Å². The summed E-state index contributed by atoms with van der Waals surface area (Å²) >= 11 is 5.83. The Morgan fingerprint density at radius 1 is 1.18 bits per heavy atom. The summed E-state index contributed by atoms with van der Waals surface area (Å²) in [4.78, 5) is 3.44. The number of aromatic nitrogens is 1. The maximum Gasteiger partial charge on any atom is 0.213 e. The second kappa shape index (κ2) is 5.10. The minimum Gasteiger partial charge on any atom is -0.487 e. The van der Waals surface area contributed by atoms with E-state index in [0.29, 0.717) is 16.3 Å². The highest BCUT2D eigenvalue weighted by Gasteiger charge is 2.03.